The Labute approximate surface area is 63.6 Å². The van der Waals surface area contributed by atoms with E-state index in [0.29, 0.717) is 0 Å². The van der Waals surface area contributed by atoms with Crippen LogP contribution in [0.5, 0.6) is 0 Å². The molecule has 0 radical (unpaired) electrons. The fraction of sp³-hybridized carbons (Fsp3) is 0.600. The van der Waals surface area contributed by atoms with Gasteiger partial charge in [0.2, 0.25) is 0 Å². The Morgan fingerprint density at radius 1 is 1.00 bits per heavy atom. The van der Waals surface area contributed by atoms with Crippen molar-refractivity contribution in [3.05, 3.63) is 12.8 Å². The number of hydrogen-bond acceptors (Lipinski definition) is 1. The summed E-state index contributed by atoms with van der Waals surface area (Å²) in [6, 6.07) is 0. The van der Waals surface area contributed by atoms with E-state index in [-0.39, 0.29) is 6.26 Å². The van der Waals surface area contributed by atoms with Crippen LogP contribution in [0.15, 0.2) is 12.8 Å². The maximum atomic E-state index is 11.5. The van der Waals surface area contributed by atoms with Gasteiger partial charge in [0.05, 0.1) is 6.26 Å². The van der Waals surface area contributed by atoms with Crippen molar-refractivity contribution in [2.45, 2.75) is 18.5 Å². The maximum absolute atomic E-state index is 11.5. The summed E-state index contributed by atoms with van der Waals surface area (Å²) in [5.41, 5.74) is 0. The number of hydrogen-bond donors (Lipinski definition) is 0. The van der Waals surface area contributed by atoms with Crippen molar-refractivity contribution in [3.8, 4) is 0 Å². The number of ether oxygens (including phenoxy) is 1. The van der Waals surface area contributed by atoms with Crippen LogP contribution >= 0.6 is 0 Å². The Balaban J connectivity index is 4.56. The van der Waals surface area contributed by atoms with Gasteiger partial charge in [-0.3, -0.25) is 0 Å². The molecule has 0 amide bonds. The molecule has 0 heterocycles. The zero-order valence-corrected chi connectivity index (χ0v) is 5.54. The molecule has 0 fully saturated rings. The standard InChI is InChI=1S/C5H4F6O/c1-2-12-3(4(6,7)8)5(9,10)11/h2-3H,1H2. The summed E-state index contributed by atoms with van der Waals surface area (Å²) in [7, 11) is 0. The number of alkyl halides is 6. The minimum Gasteiger partial charge on any atom is -0.480 e. The lowest BCUT2D eigenvalue weighted by Gasteiger charge is -2.21. The van der Waals surface area contributed by atoms with Crippen LogP contribution in [0.25, 0.3) is 0 Å². The molecule has 0 bridgehead atoms. The van der Waals surface area contributed by atoms with Crippen LogP contribution in [0.1, 0.15) is 0 Å². The molecule has 0 aliphatic heterocycles. The molecule has 7 heteroatoms. The third-order valence-corrected chi connectivity index (χ3v) is 0.827. The van der Waals surface area contributed by atoms with Crippen molar-refractivity contribution < 1.29 is 31.1 Å². The van der Waals surface area contributed by atoms with E-state index in [0.717, 1.165) is 0 Å². The molecule has 0 aromatic carbocycles. The Morgan fingerprint density at radius 3 is 1.42 bits per heavy atom. The largest absolute Gasteiger partial charge is 0.480 e. The van der Waals surface area contributed by atoms with Crippen LogP contribution in [0, 0.1) is 0 Å². The molecular weight excluding hydrogens is 190 g/mol. The fourth-order valence-corrected chi connectivity index (χ4v) is 0.436. The van der Waals surface area contributed by atoms with Gasteiger partial charge in [0.1, 0.15) is 0 Å². The molecule has 0 aromatic rings. The van der Waals surface area contributed by atoms with Gasteiger partial charge in [0.15, 0.2) is 0 Å². The van der Waals surface area contributed by atoms with Crippen LogP contribution in [0.3, 0.4) is 0 Å². The molecule has 0 saturated heterocycles. The highest BCUT2D eigenvalue weighted by atomic mass is 19.4. The molecule has 0 aromatic heterocycles. The minimum atomic E-state index is -5.47. The first-order valence-electron chi connectivity index (χ1n) is 2.59. The highest BCUT2D eigenvalue weighted by molar-refractivity contribution is 4.77. The Morgan fingerprint density at radius 2 is 1.33 bits per heavy atom. The molecule has 12 heavy (non-hydrogen) atoms. The van der Waals surface area contributed by atoms with Crippen molar-refractivity contribution in [2.24, 2.45) is 0 Å². The quantitative estimate of drug-likeness (QED) is 0.485. The predicted octanol–water partition coefficient (Wildman–Crippen LogP) is 2.64. The fourth-order valence-electron chi connectivity index (χ4n) is 0.436. The van der Waals surface area contributed by atoms with Crippen molar-refractivity contribution in [1.82, 2.24) is 0 Å². The first-order chi connectivity index (χ1) is 5.19. The molecule has 0 N–H and O–H groups in total. The summed E-state index contributed by atoms with van der Waals surface area (Å²) >= 11 is 0. The first-order valence-corrected chi connectivity index (χ1v) is 2.59. The van der Waals surface area contributed by atoms with Crippen LogP contribution in [0.4, 0.5) is 26.3 Å². The molecule has 0 rings (SSSR count). The smallest absolute Gasteiger partial charge is 0.434 e. The zero-order valence-electron chi connectivity index (χ0n) is 5.54. The topological polar surface area (TPSA) is 9.23 Å². The van der Waals surface area contributed by atoms with Gasteiger partial charge in [-0.05, 0) is 0 Å². The van der Waals surface area contributed by atoms with E-state index >= 15 is 0 Å². The lowest BCUT2D eigenvalue weighted by molar-refractivity contribution is -0.309. The first kappa shape index (κ1) is 11.1. The van der Waals surface area contributed by atoms with E-state index in [1.54, 1.807) is 0 Å². The molecule has 0 spiro atoms. The van der Waals surface area contributed by atoms with E-state index in [4.69, 9.17) is 0 Å². The molecule has 0 aliphatic rings. The average Bonchev–Trinajstić information content (AvgIpc) is 1.77. The number of halogens is 6. The summed E-state index contributed by atoms with van der Waals surface area (Å²) < 4.78 is 72.3. The third kappa shape index (κ3) is 3.02. The normalized spacial score (nSPS) is 13.2. The Kier molecular flexibility index (Phi) is 3.00. The maximum Gasteiger partial charge on any atom is 0.434 e. The molecular formula is C5H4F6O. The van der Waals surface area contributed by atoms with E-state index in [9.17, 15) is 26.3 Å². The van der Waals surface area contributed by atoms with E-state index < -0.39 is 18.5 Å². The lowest BCUT2D eigenvalue weighted by atomic mass is 10.3. The van der Waals surface area contributed by atoms with Gasteiger partial charge in [-0.15, -0.1) is 0 Å². The molecule has 0 unspecified atom stereocenters. The molecule has 72 valence electrons. The predicted molar refractivity (Wildman–Crippen MR) is 27.2 cm³/mol. The lowest BCUT2D eigenvalue weighted by Crippen LogP contribution is -2.43. The van der Waals surface area contributed by atoms with E-state index in [1.165, 1.54) is 0 Å². The van der Waals surface area contributed by atoms with Gasteiger partial charge >= 0.3 is 12.4 Å². The van der Waals surface area contributed by atoms with Gasteiger partial charge in [-0.25, -0.2) is 0 Å². The second kappa shape index (κ2) is 3.24. The SMILES string of the molecule is C=COC(C(F)(F)F)C(F)(F)F. The minimum absolute atomic E-state index is 0.103. The summed E-state index contributed by atoms with van der Waals surface area (Å²) in [5, 5.41) is 0. The van der Waals surface area contributed by atoms with Gasteiger partial charge in [0.25, 0.3) is 6.10 Å². The third-order valence-electron chi connectivity index (χ3n) is 0.827. The summed E-state index contributed by atoms with van der Waals surface area (Å²) in [6.45, 7) is 2.61. The highest BCUT2D eigenvalue weighted by Crippen LogP contribution is 2.35. The van der Waals surface area contributed by atoms with Crippen molar-refractivity contribution >= 4 is 0 Å². The second-order valence-corrected chi connectivity index (χ2v) is 1.77. The highest BCUT2D eigenvalue weighted by Gasteiger charge is 2.58. The van der Waals surface area contributed by atoms with Gasteiger partial charge in [-0.2, -0.15) is 26.3 Å². The van der Waals surface area contributed by atoms with Gasteiger partial charge < -0.3 is 4.74 Å². The number of rotatable bonds is 2. The van der Waals surface area contributed by atoms with Gasteiger partial charge in [0, 0.05) is 0 Å². The summed E-state index contributed by atoms with van der Waals surface area (Å²) in [4.78, 5) is 0. The average molecular weight is 194 g/mol. The second-order valence-electron chi connectivity index (χ2n) is 1.77. The van der Waals surface area contributed by atoms with Crippen molar-refractivity contribution in [2.75, 3.05) is 0 Å². The van der Waals surface area contributed by atoms with Crippen LogP contribution in [-0.2, 0) is 4.74 Å². The molecule has 0 saturated carbocycles. The van der Waals surface area contributed by atoms with Crippen LogP contribution in [0.2, 0.25) is 0 Å². The Bertz CT molecular complexity index is 142. The van der Waals surface area contributed by atoms with Gasteiger partial charge in [-0.1, -0.05) is 6.58 Å². The van der Waals surface area contributed by atoms with Crippen molar-refractivity contribution in [3.63, 3.8) is 0 Å². The van der Waals surface area contributed by atoms with Crippen LogP contribution < -0.4 is 0 Å². The molecule has 0 aliphatic carbocycles. The van der Waals surface area contributed by atoms with E-state index in [2.05, 4.69) is 11.3 Å². The molecule has 1 nitrogen and oxygen atoms in total. The monoisotopic (exact) mass is 194 g/mol. The van der Waals surface area contributed by atoms with E-state index in [1.807, 2.05) is 0 Å². The van der Waals surface area contributed by atoms with Crippen molar-refractivity contribution in [1.29, 1.82) is 0 Å². The Hall–Kier alpha value is -0.880. The van der Waals surface area contributed by atoms with Crippen LogP contribution in [-0.4, -0.2) is 18.5 Å². The summed E-state index contributed by atoms with van der Waals surface area (Å²) in [6.07, 6.45) is -14.6. The molecule has 0 atom stereocenters. The zero-order chi connectivity index (χ0) is 9.99. The summed E-state index contributed by atoms with van der Waals surface area (Å²) in [5.74, 6) is 0.